The number of aryl methyl sites for hydroxylation is 2. The Labute approximate surface area is 191 Å². The van der Waals surface area contributed by atoms with Crippen LogP contribution in [0.2, 0.25) is 0 Å². The maximum absolute atomic E-state index is 13.7. The van der Waals surface area contributed by atoms with Gasteiger partial charge < -0.3 is 20.1 Å². The average molecular weight is 448 g/mol. The number of benzene rings is 3. The van der Waals surface area contributed by atoms with Gasteiger partial charge in [-0.05, 0) is 49.6 Å². The van der Waals surface area contributed by atoms with Crippen LogP contribution < -0.4 is 10.1 Å². The van der Waals surface area contributed by atoms with E-state index in [9.17, 15) is 19.1 Å². The van der Waals surface area contributed by atoms with E-state index in [4.69, 9.17) is 4.74 Å². The first-order valence-electron chi connectivity index (χ1n) is 10.6. The second kappa shape index (κ2) is 8.58. The summed E-state index contributed by atoms with van der Waals surface area (Å²) < 4.78 is 19.0. The summed E-state index contributed by atoms with van der Waals surface area (Å²) in [6, 6.07) is 11.9. The zero-order chi connectivity index (χ0) is 23.9. The summed E-state index contributed by atoms with van der Waals surface area (Å²) in [5.41, 5.74) is 4.29. The summed E-state index contributed by atoms with van der Waals surface area (Å²) in [5, 5.41) is 13.2. The van der Waals surface area contributed by atoms with Gasteiger partial charge in [0.1, 0.15) is 23.4 Å². The number of hydrogen-bond donors (Lipinski definition) is 2. The number of carbonyl (C=O) groups excluding carboxylic acids is 2. The number of fused-ring (bicyclic) bond motifs is 1. The smallest absolute Gasteiger partial charge is 0.255 e. The average Bonchev–Trinajstić information content (AvgIpc) is 3.06. The number of halogens is 1. The SMILES string of the molecule is COc1cc(F)ccc1CN1C(=O)c2c(ccc(O)c2C)C1C(=O)Nc1c(C)cccc1C. The summed E-state index contributed by atoms with van der Waals surface area (Å²) in [7, 11) is 1.42. The number of aromatic hydroxyl groups is 1. The number of anilines is 1. The molecule has 1 aliphatic heterocycles. The summed E-state index contributed by atoms with van der Waals surface area (Å²) in [6.07, 6.45) is 0. The fourth-order valence-electron chi connectivity index (χ4n) is 4.34. The van der Waals surface area contributed by atoms with E-state index in [-0.39, 0.29) is 29.9 Å². The summed E-state index contributed by atoms with van der Waals surface area (Å²) in [5.74, 6) is -0.946. The molecule has 0 saturated carbocycles. The van der Waals surface area contributed by atoms with Gasteiger partial charge in [-0.15, -0.1) is 0 Å². The number of amides is 2. The highest BCUT2D eigenvalue weighted by Gasteiger charge is 2.43. The van der Waals surface area contributed by atoms with Gasteiger partial charge in [-0.3, -0.25) is 9.59 Å². The Balaban J connectivity index is 1.78. The zero-order valence-electron chi connectivity index (χ0n) is 18.9. The second-order valence-corrected chi connectivity index (χ2v) is 8.22. The van der Waals surface area contributed by atoms with E-state index in [0.29, 0.717) is 27.9 Å². The molecule has 3 aromatic carbocycles. The Morgan fingerprint density at radius 1 is 1.12 bits per heavy atom. The first-order valence-corrected chi connectivity index (χ1v) is 10.6. The van der Waals surface area contributed by atoms with E-state index in [2.05, 4.69) is 5.32 Å². The number of nitrogens with one attached hydrogen (secondary N) is 1. The van der Waals surface area contributed by atoms with Crippen molar-refractivity contribution < 1.29 is 23.8 Å². The zero-order valence-corrected chi connectivity index (χ0v) is 18.9. The van der Waals surface area contributed by atoms with Gasteiger partial charge in [0.05, 0.1) is 19.2 Å². The normalized spacial score (nSPS) is 14.9. The number of ether oxygens (including phenoxy) is 1. The first kappa shape index (κ1) is 22.3. The number of rotatable bonds is 5. The Morgan fingerprint density at radius 3 is 2.48 bits per heavy atom. The Hall–Kier alpha value is -3.87. The Morgan fingerprint density at radius 2 is 1.82 bits per heavy atom. The molecule has 3 aromatic rings. The number of carbonyl (C=O) groups is 2. The van der Waals surface area contributed by atoms with Gasteiger partial charge in [-0.1, -0.05) is 30.3 Å². The van der Waals surface area contributed by atoms with Crippen LogP contribution in [0.25, 0.3) is 0 Å². The molecule has 0 aromatic heterocycles. The van der Waals surface area contributed by atoms with Crippen molar-refractivity contribution in [1.29, 1.82) is 0 Å². The van der Waals surface area contributed by atoms with Crippen molar-refractivity contribution in [3.63, 3.8) is 0 Å². The molecule has 1 atom stereocenters. The first-order chi connectivity index (χ1) is 15.7. The lowest BCUT2D eigenvalue weighted by molar-refractivity contribution is -0.120. The molecule has 0 saturated heterocycles. The van der Waals surface area contributed by atoms with Crippen LogP contribution in [0.5, 0.6) is 11.5 Å². The van der Waals surface area contributed by atoms with Crippen LogP contribution in [-0.4, -0.2) is 28.9 Å². The molecule has 1 heterocycles. The molecule has 2 amide bonds. The van der Waals surface area contributed by atoms with Crippen LogP contribution in [0.3, 0.4) is 0 Å². The van der Waals surface area contributed by atoms with Crippen molar-refractivity contribution in [2.75, 3.05) is 12.4 Å². The maximum atomic E-state index is 13.7. The monoisotopic (exact) mass is 448 g/mol. The van der Waals surface area contributed by atoms with Crippen LogP contribution in [0.15, 0.2) is 48.5 Å². The van der Waals surface area contributed by atoms with Crippen molar-refractivity contribution in [2.45, 2.75) is 33.4 Å². The lowest BCUT2D eigenvalue weighted by atomic mass is 9.98. The Bertz CT molecular complexity index is 1250. The van der Waals surface area contributed by atoms with Crippen molar-refractivity contribution in [3.8, 4) is 11.5 Å². The summed E-state index contributed by atoms with van der Waals surface area (Å²) >= 11 is 0. The molecular formula is C26H25FN2O4. The minimum Gasteiger partial charge on any atom is -0.508 e. The maximum Gasteiger partial charge on any atom is 0.255 e. The number of para-hydroxylation sites is 1. The second-order valence-electron chi connectivity index (χ2n) is 8.22. The van der Waals surface area contributed by atoms with E-state index < -0.39 is 11.9 Å². The molecule has 0 spiro atoms. The highest BCUT2D eigenvalue weighted by Crippen LogP contribution is 2.41. The highest BCUT2D eigenvalue weighted by molar-refractivity contribution is 6.09. The van der Waals surface area contributed by atoms with Crippen molar-refractivity contribution in [3.05, 3.63) is 87.7 Å². The molecule has 0 bridgehead atoms. The Kier molecular flexibility index (Phi) is 5.80. The minimum absolute atomic E-state index is 0.0165. The number of methoxy groups -OCH3 is 1. The van der Waals surface area contributed by atoms with Gasteiger partial charge in [0.25, 0.3) is 11.8 Å². The largest absolute Gasteiger partial charge is 0.508 e. The van der Waals surface area contributed by atoms with E-state index in [0.717, 1.165) is 11.1 Å². The number of phenols is 1. The molecule has 7 heteroatoms. The minimum atomic E-state index is -0.930. The fourth-order valence-corrected chi connectivity index (χ4v) is 4.34. The quantitative estimate of drug-likeness (QED) is 0.588. The third kappa shape index (κ3) is 3.91. The number of nitrogens with zero attached hydrogens (tertiary/aromatic N) is 1. The lowest BCUT2D eigenvalue weighted by Gasteiger charge is -2.26. The van der Waals surface area contributed by atoms with E-state index in [1.807, 2.05) is 32.0 Å². The molecular weight excluding hydrogens is 423 g/mol. The number of phenolic OH excluding ortho intramolecular Hbond substituents is 1. The number of hydrogen-bond acceptors (Lipinski definition) is 4. The van der Waals surface area contributed by atoms with Crippen LogP contribution in [0, 0.1) is 26.6 Å². The van der Waals surface area contributed by atoms with E-state index in [1.165, 1.54) is 36.3 Å². The summed E-state index contributed by atoms with van der Waals surface area (Å²) in [4.78, 5) is 28.5. The predicted octanol–water partition coefficient (Wildman–Crippen LogP) is 4.80. The standard InChI is InChI=1S/C26H25FN2O4/c1-14-6-5-7-15(2)23(14)28-25(31)24-19-10-11-20(30)16(3)22(19)26(32)29(24)13-17-8-9-18(27)12-21(17)33-4/h5-12,24,30H,13H2,1-4H3,(H,28,31). The molecule has 0 aliphatic carbocycles. The van der Waals surface area contributed by atoms with Gasteiger partial charge in [-0.25, -0.2) is 4.39 Å². The van der Waals surface area contributed by atoms with Gasteiger partial charge in [0, 0.05) is 22.9 Å². The van der Waals surface area contributed by atoms with Crippen LogP contribution >= 0.6 is 0 Å². The summed E-state index contributed by atoms with van der Waals surface area (Å²) in [6.45, 7) is 5.48. The fraction of sp³-hybridized carbons (Fsp3) is 0.231. The van der Waals surface area contributed by atoms with E-state index in [1.54, 1.807) is 13.0 Å². The van der Waals surface area contributed by atoms with Crippen LogP contribution in [-0.2, 0) is 11.3 Å². The molecule has 1 unspecified atom stereocenters. The molecule has 0 fully saturated rings. The third-order valence-corrected chi connectivity index (χ3v) is 6.12. The van der Waals surface area contributed by atoms with Gasteiger partial charge >= 0.3 is 0 Å². The van der Waals surface area contributed by atoms with E-state index >= 15 is 0 Å². The van der Waals surface area contributed by atoms with Crippen molar-refractivity contribution in [1.82, 2.24) is 4.90 Å². The van der Waals surface area contributed by atoms with Crippen LogP contribution in [0.4, 0.5) is 10.1 Å². The highest BCUT2D eigenvalue weighted by atomic mass is 19.1. The molecule has 4 rings (SSSR count). The molecule has 2 N–H and O–H groups in total. The molecule has 33 heavy (non-hydrogen) atoms. The van der Waals surface area contributed by atoms with Crippen molar-refractivity contribution in [2.24, 2.45) is 0 Å². The van der Waals surface area contributed by atoms with Crippen LogP contribution in [0.1, 0.15) is 44.2 Å². The third-order valence-electron chi connectivity index (χ3n) is 6.12. The molecule has 0 radical (unpaired) electrons. The molecule has 6 nitrogen and oxygen atoms in total. The van der Waals surface area contributed by atoms with Gasteiger partial charge in [0.2, 0.25) is 0 Å². The molecule has 1 aliphatic rings. The lowest BCUT2D eigenvalue weighted by Crippen LogP contribution is -2.35. The predicted molar refractivity (Wildman–Crippen MR) is 123 cm³/mol. The molecule has 170 valence electrons. The topological polar surface area (TPSA) is 78.9 Å². The van der Waals surface area contributed by atoms with Gasteiger partial charge in [0.15, 0.2) is 0 Å². The van der Waals surface area contributed by atoms with Crippen molar-refractivity contribution >= 4 is 17.5 Å². The van der Waals surface area contributed by atoms with Gasteiger partial charge in [-0.2, -0.15) is 0 Å².